The number of nitrogens with zero attached hydrogens (tertiary/aromatic N) is 3. The lowest BCUT2D eigenvalue weighted by Crippen LogP contribution is -2.29. The summed E-state index contributed by atoms with van der Waals surface area (Å²) in [6, 6.07) is 9.55. The predicted molar refractivity (Wildman–Crippen MR) is 82.0 cm³/mol. The SMILES string of the molecule is COc1cc(N2CCCCC2)ccc1NC=C(C#N)C#N. The van der Waals surface area contributed by atoms with Crippen LogP contribution >= 0.6 is 0 Å². The van der Waals surface area contributed by atoms with Crippen molar-refractivity contribution < 1.29 is 4.74 Å². The maximum atomic E-state index is 8.73. The average molecular weight is 282 g/mol. The average Bonchev–Trinajstić information content (AvgIpc) is 2.56. The molecule has 1 aromatic rings. The number of ether oxygens (including phenoxy) is 1. The Kier molecular flexibility index (Phi) is 5.06. The number of hydrogen-bond donors (Lipinski definition) is 1. The van der Waals surface area contributed by atoms with Gasteiger partial charge in [0, 0.05) is 31.0 Å². The van der Waals surface area contributed by atoms with Gasteiger partial charge in [0.25, 0.3) is 0 Å². The second kappa shape index (κ2) is 7.21. The van der Waals surface area contributed by atoms with Gasteiger partial charge >= 0.3 is 0 Å². The molecule has 2 rings (SSSR count). The van der Waals surface area contributed by atoms with Gasteiger partial charge in [-0.3, -0.25) is 0 Å². The van der Waals surface area contributed by atoms with E-state index >= 15 is 0 Å². The molecule has 1 fully saturated rings. The minimum Gasteiger partial charge on any atom is -0.494 e. The quantitative estimate of drug-likeness (QED) is 0.859. The van der Waals surface area contributed by atoms with Gasteiger partial charge in [0.15, 0.2) is 0 Å². The Labute approximate surface area is 125 Å². The molecular formula is C16H18N4O. The minimum atomic E-state index is 0.0251. The summed E-state index contributed by atoms with van der Waals surface area (Å²) in [4.78, 5) is 2.35. The van der Waals surface area contributed by atoms with Gasteiger partial charge in [-0.25, -0.2) is 0 Å². The van der Waals surface area contributed by atoms with E-state index in [4.69, 9.17) is 15.3 Å². The molecule has 1 heterocycles. The van der Waals surface area contributed by atoms with Crippen LogP contribution in [0.2, 0.25) is 0 Å². The highest BCUT2D eigenvalue weighted by Crippen LogP contribution is 2.31. The van der Waals surface area contributed by atoms with Crippen LogP contribution < -0.4 is 15.0 Å². The Morgan fingerprint density at radius 1 is 1.24 bits per heavy atom. The smallest absolute Gasteiger partial charge is 0.145 e. The van der Waals surface area contributed by atoms with E-state index in [9.17, 15) is 0 Å². The largest absolute Gasteiger partial charge is 0.494 e. The number of rotatable bonds is 4. The lowest BCUT2D eigenvalue weighted by atomic mass is 10.1. The van der Waals surface area contributed by atoms with Crippen LogP contribution in [0, 0.1) is 22.7 Å². The molecule has 1 N–H and O–H groups in total. The molecule has 0 bridgehead atoms. The van der Waals surface area contributed by atoms with Crippen molar-refractivity contribution in [1.82, 2.24) is 0 Å². The van der Waals surface area contributed by atoms with Gasteiger partial charge < -0.3 is 15.0 Å². The number of nitrogens with one attached hydrogen (secondary N) is 1. The topological polar surface area (TPSA) is 72.1 Å². The van der Waals surface area contributed by atoms with Crippen molar-refractivity contribution in [3.8, 4) is 17.9 Å². The summed E-state index contributed by atoms with van der Waals surface area (Å²) in [6.07, 6.45) is 5.12. The highest BCUT2D eigenvalue weighted by Gasteiger charge is 2.13. The highest BCUT2D eigenvalue weighted by atomic mass is 16.5. The Morgan fingerprint density at radius 3 is 2.57 bits per heavy atom. The van der Waals surface area contributed by atoms with E-state index < -0.39 is 0 Å². The van der Waals surface area contributed by atoms with Crippen molar-refractivity contribution in [2.24, 2.45) is 0 Å². The maximum absolute atomic E-state index is 8.73. The molecule has 21 heavy (non-hydrogen) atoms. The van der Waals surface area contributed by atoms with Crippen molar-refractivity contribution in [2.45, 2.75) is 19.3 Å². The van der Waals surface area contributed by atoms with Gasteiger partial charge in [-0.15, -0.1) is 0 Å². The maximum Gasteiger partial charge on any atom is 0.145 e. The van der Waals surface area contributed by atoms with Crippen molar-refractivity contribution >= 4 is 11.4 Å². The predicted octanol–water partition coefficient (Wildman–Crippen LogP) is 3.03. The first kappa shape index (κ1) is 14.7. The Bertz CT molecular complexity index is 588. The number of benzene rings is 1. The van der Waals surface area contributed by atoms with Gasteiger partial charge in [0.2, 0.25) is 0 Å². The number of nitriles is 2. The zero-order valence-corrected chi connectivity index (χ0v) is 12.1. The molecular weight excluding hydrogens is 264 g/mol. The summed E-state index contributed by atoms with van der Waals surface area (Å²) in [5.74, 6) is 0.699. The third-order valence-electron chi connectivity index (χ3n) is 3.52. The third-order valence-corrected chi connectivity index (χ3v) is 3.52. The monoisotopic (exact) mass is 282 g/mol. The number of allylic oxidation sites excluding steroid dienone is 1. The molecule has 0 saturated carbocycles. The van der Waals surface area contributed by atoms with Crippen LogP contribution in [0.15, 0.2) is 30.0 Å². The van der Waals surface area contributed by atoms with Crippen LogP contribution in [0.4, 0.5) is 11.4 Å². The fourth-order valence-electron chi connectivity index (χ4n) is 2.39. The van der Waals surface area contributed by atoms with E-state index in [1.165, 1.54) is 25.5 Å². The summed E-state index contributed by atoms with van der Waals surface area (Å²) >= 11 is 0. The minimum absolute atomic E-state index is 0.0251. The fourth-order valence-corrected chi connectivity index (χ4v) is 2.39. The number of anilines is 2. The van der Waals surface area contributed by atoms with Crippen LogP contribution in [0.25, 0.3) is 0 Å². The molecule has 108 valence electrons. The zero-order valence-electron chi connectivity index (χ0n) is 12.1. The Hall–Kier alpha value is -2.66. The van der Waals surface area contributed by atoms with Crippen LogP contribution in [0.3, 0.4) is 0 Å². The van der Waals surface area contributed by atoms with Gasteiger partial charge in [-0.2, -0.15) is 10.5 Å². The zero-order chi connectivity index (χ0) is 15.1. The van der Waals surface area contributed by atoms with Crippen LogP contribution in [-0.2, 0) is 0 Å². The Morgan fingerprint density at radius 2 is 1.95 bits per heavy atom. The van der Waals surface area contributed by atoms with Crippen molar-refractivity contribution in [1.29, 1.82) is 10.5 Å². The summed E-state index contributed by atoms with van der Waals surface area (Å²) in [5.41, 5.74) is 1.90. The molecule has 0 unspecified atom stereocenters. The van der Waals surface area contributed by atoms with Gasteiger partial charge in [-0.1, -0.05) is 0 Å². The summed E-state index contributed by atoms with van der Waals surface area (Å²) in [7, 11) is 1.61. The van der Waals surface area contributed by atoms with E-state index in [-0.39, 0.29) is 5.57 Å². The first-order chi connectivity index (χ1) is 10.3. The second-order valence-electron chi connectivity index (χ2n) is 4.86. The number of methoxy groups -OCH3 is 1. The van der Waals surface area contributed by atoms with Crippen LogP contribution in [0.1, 0.15) is 19.3 Å². The number of hydrogen-bond acceptors (Lipinski definition) is 5. The molecule has 0 spiro atoms. The first-order valence-electron chi connectivity index (χ1n) is 6.98. The van der Waals surface area contributed by atoms with Crippen LogP contribution in [0.5, 0.6) is 5.75 Å². The molecule has 5 heteroatoms. The van der Waals surface area contributed by atoms with E-state index in [1.54, 1.807) is 7.11 Å². The van der Waals surface area contributed by atoms with Crippen LogP contribution in [-0.4, -0.2) is 20.2 Å². The molecule has 1 aliphatic rings. The third kappa shape index (κ3) is 3.67. The van der Waals surface area contributed by atoms with Gasteiger partial charge in [0.1, 0.15) is 23.5 Å². The van der Waals surface area contributed by atoms with Crippen molar-refractivity contribution in [3.63, 3.8) is 0 Å². The lowest BCUT2D eigenvalue weighted by Gasteiger charge is -2.29. The fraction of sp³-hybridized carbons (Fsp3) is 0.375. The lowest BCUT2D eigenvalue weighted by molar-refractivity contribution is 0.416. The summed E-state index contributed by atoms with van der Waals surface area (Å²) < 4.78 is 5.39. The summed E-state index contributed by atoms with van der Waals surface area (Å²) in [6.45, 7) is 2.14. The van der Waals surface area contributed by atoms with Gasteiger partial charge in [0.05, 0.1) is 12.8 Å². The molecule has 0 atom stereocenters. The molecule has 1 saturated heterocycles. The molecule has 5 nitrogen and oxygen atoms in total. The van der Waals surface area contributed by atoms with Gasteiger partial charge in [-0.05, 0) is 31.4 Å². The molecule has 0 aliphatic carbocycles. The van der Waals surface area contributed by atoms with Crippen molar-refractivity contribution in [3.05, 3.63) is 30.0 Å². The molecule has 0 radical (unpaired) electrons. The summed E-state index contributed by atoms with van der Waals surface area (Å²) in [5, 5.41) is 20.4. The van der Waals surface area contributed by atoms with E-state index in [0.29, 0.717) is 5.75 Å². The Balaban J connectivity index is 2.18. The number of piperidine rings is 1. The highest BCUT2D eigenvalue weighted by molar-refractivity contribution is 5.66. The molecule has 1 aromatic carbocycles. The van der Waals surface area contributed by atoms with E-state index in [1.807, 2.05) is 30.3 Å². The van der Waals surface area contributed by atoms with E-state index in [0.717, 1.165) is 24.5 Å². The second-order valence-corrected chi connectivity index (χ2v) is 4.86. The molecule has 0 aromatic heterocycles. The first-order valence-corrected chi connectivity index (χ1v) is 6.98. The van der Waals surface area contributed by atoms with Crippen molar-refractivity contribution in [2.75, 3.05) is 30.4 Å². The standard InChI is InChI=1S/C16H18N4O/c1-21-16-9-14(20-7-3-2-4-8-20)5-6-15(16)19-12-13(10-17)11-18/h5-6,9,12,19H,2-4,7-8H2,1H3. The van der Waals surface area contributed by atoms with E-state index in [2.05, 4.69) is 10.2 Å². The molecule has 1 aliphatic heterocycles. The molecule has 0 amide bonds. The normalized spacial score (nSPS) is 13.8.